The minimum Gasteiger partial charge on any atom is -0.325 e. The molecule has 0 N–H and O–H groups in total. The molecule has 0 unspecified atom stereocenters. The van der Waals surface area contributed by atoms with E-state index in [0.717, 1.165) is 0 Å². The van der Waals surface area contributed by atoms with Crippen LogP contribution >= 0.6 is 0 Å². The number of nitrogens with zero attached hydrogens (tertiary/aromatic N) is 1. The Bertz CT molecular complexity index is 521. The van der Waals surface area contributed by atoms with E-state index in [-0.39, 0.29) is 24.0 Å². The lowest BCUT2D eigenvalue weighted by atomic mass is 10.1. The molecule has 1 aliphatic rings. The molecule has 1 fully saturated rings. The Morgan fingerprint density at radius 1 is 1.17 bits per heavy atom. The first-order chi connectivity index (χ1) is 8.63. The van der Waals surface area contributed by atoms with E-state index in [2.05, 4.69) is 4.84 Å². The minimum atomic E-state index is -0.933. The zero-order valence-electron chi connectivity index (χ0n) is 9.21. The summed E-state index contributed by atoms with van der Waals surface area (Å²) in [6.45, 7) is 0. The third kappa shape index (κ3) is 2.13. The molecule has 1 aliphatic heterocycles. The molecule has 2 amide bonds. The van der Waals surface area contributed by atoms with E-state index in [1.807, 2.05) is 0 Å². The SMILES string of the molecule is O=[C]c1ccccc1C(=O)ON1C(=O)CCC1=O. The zero-order valence-corrected chi connectivity index (χ0v) is 9.21. The lowest BCUT2D eigenvalue weighted by Crippen LogP contribution is -2.32. The lowest BCUT2D eigenvalue weighted by Gasteiger charge is -2.12. The quantitative estimate of drug-likeness (QED) is 0.719. The molecule has 6 heteroatoms. The summed E-state index contributed by atoms with van der Waals surface area (Å²) in [7, 11) is 0. The lowest BCUT2D eigenvalue weighted by molar-refractivity contribution is -0.172. The summed E-state index contributed by atoms with van der Waals surface area (Å²) in [6, 6.07) is 5.83. The fraction of sp³-hybridized carbons (Fsp3) is 0.167. The van der Waals surface area contributed by atoms with Gasteiger partial charge >= 0.3 is 5.97 Å². The molecule has 0 bridgehead atoms. The summed E-state index contributed by atoms with van der Waals surface area (Å²) in [5.41, 5.74) is -0.0263. The van der Waals surface area contributed by atoms with Crippen LogP contribution in [-0.2, 0) is 19.2 Å². The standard InChI is InChI=1S/C12H8NO5/c14-7-8-3-1-2-4-9(8)12(17)18-13-10(15)5-6-11(13)16/h1-4H,5-6H2. The topological polar surface area (TPSA) is 80.8 Å². The molecule has 2 rings (SSSR count). The van der Waals surface area contributed by atoms with Crippen LogP contribution in [0.25, 0.3) is 0 Å². The third-order valence-electron chi connectivity index (χ3n) is 2.44. The van der Waals surface area contributed by atoms with Crippen molar-refractivity contribution in [2.24, 2.45) is 0 Å². The molecule has 0 atom stereocenters. The summed E-state index contributed by atoms with van der Waals surface area (Å²) in [4.78, 5) is 49.5. The number of hydrogen-bond donors (Lipinski definition) is 0. The van der Waals surface area contributed by atoms with Gasteiger partial charge in [0.1, 0.15) is 0 Å². The van der Waals surface area contributed by atoms with Crippen LogP contribution in [0, 0.1) is 0 Å². The fourth-order valence-corrected chi connectivity index (χ4v) is 1.54. The van der Waals surface area contributed by atoms with Crippen LogP contribution in [0.2, 0.25) is 0 Å². The smallest absolute Gasteiger partial charge is 0.325 e. The fourth-order valence-electron chi connectivity index (χ4n) is 1.54. The van der Waals surface area contributed by atoms with Gasteiger partial charge in [0.05, 0.1) is 5.56 Å². The van der Waals surface area contributed by atoms with Crippen molar-refractivity contribution in [3.63, 3.8) is 0 Å². The molecule has 1 radical (unpaired) electrons. The van der Waals surface area contributed by atoms with E-state index in [1.54, 1.807) is 12.4 Å². The molecule has 18 heavy (non-hydrogen) atoms. The van der Waals surface area contributed by atoms with Crippen LogP contribution in [0.5, 0.6) is 0 Å². The first-order valence-electron chi connectivity index (χ1n) is 5.18. The van der Waals surface area contributed by atoms with Crippen LogP contribution in [0.15, 0.2) is 24.3 Å². The monoisotopic (exact) mass is 246 g/mol. The van der Waals surface area contributed by atoms with Crippen molar-refractivity contribution in [1.29, 1.82) is 0 Å². The van der Waals surface area contributed by atoms with Crippen molar-refractivity contribution in [2.45, 2.75) is 12.8 Å². The van der Waals surface area contributed by atoms with E-state index in [9.17, 15) is 19.2 Å². The highest BCUT2D eigenvalue weighted by Crippen LogP contribution is 2.15. The molecule has 1 aromatic carbocycles. The van der Waals surface area contributed by atoms with Crippen molar-refractivity contribution in [3.8, 4) is 0 Å². The Labute approximate surface area is 102 Å². The van der Waals surface area contributed by atoms with Gasteiger partial charge in [-0.1, -0.05) is 18.2 Å². The van der Waals surface area contributed by atoms with Gasteiger partial charge in [0.25, 0.3) is 11.8 Å². The second-order valence-electron chi connectivity index (χ2n) is 3.61. The molecule has 0 aliphatic carbocycles. The van der Waals surface area contributed by atoms with E-state index in [1.165, 1.54) is 18.2 Å². The van der Waals surface area contributed by atoms with Gasteiger partial charge in [-0.15, -0.1) is 5.06 Å². The maximum absolute atomic E-state index is 11.7. The highest BCUT2D eigenvalue weighted by Gasteiger charge is 2.33. The van der Waals surface area contributed by atoms with Crippen molar-refractivity contribution >= 4 is 24.1 Å². The van der Waals surface area contributed by atoms with E-state index >= 15 is 0 Å². The van der Waals surface area contributed by atoms with Crippen LogP contribution in [0.4, 0.5) is 0 Å². The number of carbonyl (C=O) groups is 3. The molecule has 0 saturated carbocycles. The Kier molecular flexibility index (Phi) is 3.18. The molecule has 6 nitrogen and oxygen atoms in total. The highest BCUT2D eigenvalue weighted by molar-refractivity contribution is 6.04. The van der Waals surface area contributed by atoms with Gasteiger partial charge in [-0.25, -0.2) is 4.79 Å². The number of imide groups is 1. The molecule has 0 spiro atoms. The Hall–Kier alpha value is -2.50. The van der Waals surface area contributed by atoms with Crippen LogP contribution < -0.4 is 0 Å². The Morgan fingerprint density at radius 3 is 2.39 bits per heavy atom. The minimum absolute atomic E-state index is 0.0154. The molecule has 1 saturated heterocycles. The second kappa shape index (κ2) is 4.79. The van der Waals surface area contributed by atoms with Crippen LogP contribution in [0.1, 0.15) is 28.8 Å². The Morgan fingerprint density at radius 2 is 1.78 bits per heavy atom. The predicted octanol–water partition coefficient (Wildman–Crippen LogP) is 0.365. The second-order valence-corrected chi connectivity index (χ2v) is 3.61. The van der Waals surface area contributed by atoms with Crippen LogP contribution in [-0.4, -0.2) is 29.1 Å². The summed E-state index contributed by atoms with van der Waals surface area (Å²) in [5.74, 6) is -2.07. The van der Waals surface area contributed by atoms with E-state index < -0.39 is 17.8 Å². The van der Waals surface area contributed by atoms with Gasteiger partial charge in [0.15, 0.2) is 0 Å². The number of hydrogen-bond acceptors (Lipinski definition) is 5. The van der Waals surface area contributed by atoms with Gasteiger partial charge in [-0.05, 0) is 6.07 Å². The van der Waals surface area contributed by atoms with Crippen molar-refractivity contribution in [3.05, 3.63) is 35.4 Å². The average Bonchev–Trinajstić information content (AvgIpc) is 2.70. The first kappa shape index (κ1) is 12.0. The molecule has 0 aromatic heterocycles. The van der Waals surface area contributed by atoms with Crippen molar-refractivity contribution in [2.75, 3.05) is 0 Å². The number of rotatable bonds is 3. The van der Waals surface area contributed by atoms with E-state index in [0.29, 0.717) is 5.06 Å². The molecular formula is C12H8NO5. The largest absolute Gasteiger partial charge is 0.364 e. The highest BCUT2D eigenvalue weighted by atomic mass is 16.7. The third-order valence-corrected chi connectivity index (χ3v) is 2.44. The van der Waals surface area contributed by atoms with Gasteiger partial charge in [0, 0.05) is 18.4 Å². The van der Waals surface area contributed by atoms with Crippen molar-refractivity contribution < 1.29 is 24.0 Å². The molecule has 1 heterocycles. The number of carbonyl (C=O) groups excluding carboxylic acids is 4. The number of amides is 2. The predicted molar refractivity (Wildman–Crippen MR) is 57.7 cm³/mol. The van der Waals surface area contributed by atoms with Gasteiger partial charge in [0.2, 0.25) is 6.29 Å². The van der Waals surface area contributed by atoms with Crippen molar-refractivity contribution in [1.82, 2.24) is 5.06 Å². The maximum atomic E-state index is 11.7. The molecular weight excluding hydrogens is 238 g/mol. The summed E-state index contributed by atoms with van der Waals surface area (Å²) in [5, 5.41) is 0.434. The van der Waals surface area contributed by atoms with Gasteiger partial charge in [-0.3, -0.25) is 14.4 Å². The Balaban J connectivity index is 2.19. The first-order valence-corrected chi connectivity index (χ1v) is 5.18. The summed E-state index contributed by atoms with van der Waals surface area (Å²) >= 11 is 0. The van der Waals surface area contributed by atoms with Gasteiger partial charge < -0.3 is 4.84 Å². The van der Waals surface area contributed by atoms with E-state index in [4.69, 9.17) is 0 Å². The number of benzene rings is 1. The maximum Gasteiger partial charge on any atom is 0.364 e. The summed E-state index contributed by atoms with van der Waals surface area (Å²) in [6.07, 6.45) is 1.63. The average molecular weight is 246 g/mol. The van der Waals surface area contributed by atoms with Crippen LogP contribution in [0.3, 0.4) is 0 Å². The zero-order chi connectivity index (χ0) is 13.1. The normalized spacial score (nSPS) is 14.8. The molecule has 91 valence electrons. The number of hydroxylamine groups is 2. The van der Waals surface area contributed by atoms with Gasteiger partial charge in [-0.2, -0.15) is 0 Å². The molecule has 1 aromatic rings. The summed E-state index contributed by atoms with van der Waals surface area (Å²) < 4.78 is 0.